The standard InChI is InChI=1S/C19H27NO2/c1-14(2)7-6-8-15(3)13-16(4)17(5)18-9-11-19(12-10-18)20(21)22/h7,9-13,16-17H,6,8H2,1-5H3/b15-13+. The normalized spacial score (nSPS) is 14.3. The lowest BCUT2D eigenvalue weighted by atomic mass is 9.87. The Morgan fingerprint density at radius 3 is 2.27 bits per heavy atom. The first-order valence-corrected chi connectivity index (χ1v) is 7.86. The Morgan fingerprint density at radius 1 is 1.18 bits per heavy atom. The summed E-state index contributed by atoms with van der Waals surface area (Å²) in [7, 11) is 0. The minimum absolute atomic E-state index is 0.150. The summed E-state index contributed by atoms with van der Waals surface area (Å²) in [5.74, 6) is 0.757. The van der Waals surface area contributed by atoms with E-state index < -0.39 is 0 Å². The maximum Gasteiger partial charge on any atom is 0.269 e. The average molecular weight is 301 g/mol. The highest BCUT2D eigenvalue weighted by molar-refractivity contribution is 5.34. The van der Waals surface area contributed by atoms with Crippen molar-refractivity contribution < 1.29 is 4.92 Å². The van der Waals surface area contributed by atoms with Crippen LogP contribution in [-0.2, 0) is 0 Å². The highest BCUT2D eigenvalue weighted by atomic mass is 16.6. The molecule has 3 heteroatoms. The molecule has 0 fully saturated rings. The molecule has 0 N–H and O–H groups in total. The molecule has 0 amide bonds. The molecule has 0 spiro atoms. The molecule has 2 atom stereocenters. The minimum Gasteiger partial charge on any atom is -0.258 e. The molecule has 0 aromatic heterocycles. The van der Waals surface area contributed by atoms with Crippen LogP contribution >= 0.6 is 0 Å². The van der Waals surface area contributed by atoms with Crippen LogP contribution in [0, 0.1) is 16.0 Å². The topological polar surface area (TPSA) is 43.1 Å². The third-order valence-electron chi connectivity index (χ3n) is 4.06. The third-order valence-corrected chi connectivity index (χ3v) is 4.06. The highest BCUT2D eigenvalue weighted by Gasteiger charge is 2.14. The molecule has 1 aromatic carbocycles. The molecular weight excluding hydrogens is 274 g/mol. The SMILES string of the molecule is CC(C)=CCC/C(C)=C/C(C)C(C)c1ccc([N+](=O)[O-])cc1. The molecule has 0 bridgehead atoms. The molecule has 0 saturated carbocycles. The Hall–Kier alpha value is -1.90. The Bertz CT molecular complexity index is 551. The number of hydrogen-bond donors (Lipinski definition) is 0. The molecule has 0 aliphatic rings. The summed E-state index contributed by atoms with van der Waals surface area (Å²) in [4.78, 5) is 10.3. The Kier molecular flexibility index (Phi) is 7.03. The maximum atomic E-state index is 10.7. The zero-order chi connectivity index (χ0) is 16.7. The fraction of sp³-hybridized carbons (Fsp3) is 0.474. The van der Waals surface area contributed by atoms with E-state index in [-0.39, 0.29) is 10.6 Å². The molecule has 0 heterocycles. The number of nitrogens with zero attached hydrogens (tertiary/aromatic N) is 1. The van der Waals surface area contributed by atoms with E-state index in [0.29, 0.717) is 11.8 Å². The monoisotopic (exact) mass is 301 g/mol. The molecule has 0 radical (unpaired) electrons. The largest absolute Gasteiger partial charge is 0.269 e. The van der Waals surface area contributed by atoms with Gasteiger partial charge in [-0.05, 0) is 51.0 Å². The number of rotatable bonds is 7. The van der Waals surface area contributed by atoms with Gasteiger partial charge in [0, 0.05) is 12.1 Å². The van der Waals surface area contributed by atoms with Gasteiger partial charge in [0.25, 0.3) is 5.69 Å². The van der Waals surface area contributed by atoms with Gasteiger partial charge in [0.1, 0.15) is 0 Å². The summed E-state index contributed by atoms with van der Waals surface area (Å²) in [6, 6.07) is 6.91. The lowest BCUT2D eigenvalue weighted by molar-refractivity contribution is -0.384. The summed E-state index contributed by atoms with van der Waals surface area (Å²) in [6.45, 7) is 10.8. The highest BCUT2D eigenvalue weighted by Crippen LogP contribution is 2.28. The quantitative estimate of drug-likeness (QED) is 0.351. The zero-order valence-electron chi connectivity index (χ0n) is 14.3. The molecule has 1 aromatic rings. The lowest BCUT2D eigenvalue weighted by Crippen LogP contribution is -2.04. The summed E-state index contributed by atoms with van der Waals surface area (Å²) in [6.07, 6.45) is 6.76. The van der Waals surface area contributed by atoms with Gasteiger partial charge in [-0.2, -0.15) is 0 Å². The van der Waals surface area contributed by atoms with Gasteiger partial charge < -0.3 is 0 Å². The summed E-state index contributed by atoms with van der Waals surface area (Å²) in [5, 5.41) is 10.7. The average Bonchev–Trinajstić information content (AvgIpc) is 2.46. The van der Waals surface area contributed by atoms with E-state index in [1.54, 1.807) is 12.1 Å². The first-order valence-electron chi connectivity index (χ1n) is 7.86. The van der Waals surface area contributed by atoms with Crippen molar-refractivity contribution in [2.75, 3.05) is 0 Å². The van der Waals surface area contributed by atoms with Crippen LogP contribution in [-0.4, -0.2) is 4.92 Å². The molecule has 0 saturated heterocycles. The maximum absolute atomic E-state index is 10.7. The lowest BCUT2D eigenvalue weighted by Gasteiger charge is -2.18. The third kappa shape index (κ3) is 5.84. The van der Waals surface area contributed by atoms with Crippen LogP contribution in [0.25, 0.3) is 0 Å². The van der Waals surface area contributed by atoms with Crippen LogP contribution in [0.15, 0.2) is 47.6 Å². The number of hydrogen-bond acceptors (Lipinski definition) is 2. The van der Waals surface area contributed by atoms with Crippen LogP contribution in [0.5, 0.6) is 0 Å². The van der Waals surface area contributed by atoms with E-state index in [0.717, 1.165) is 18.4 Å². The van der Waals surface area contributed by atoms with Gasteiger partial charge in [-0.1, -0.05) is 49.3 Å². The second-order valence-electron chi connectivity index (χ2n) is 6.33. The predicted octanol–water partition coefficient (Wildman–Crippen LogP) is 6.03. The van der Waals surface area contributed by atoms with Crippen molar-refractivity contribution >= 4 is 5.69 Å². The zero-order valence-corrected chi connectivity index (χ0v) is 14.3. The summed E-state index contributed by atoms with van der Waals surface area (Å²) < 4.78 is 0. The van der Waals surface area contributed by atoms with Gasteiger partial charge in [-0.3, -0.25) is 10.1 Å². The van der Waals surface area contributed by atoms with Crippen molar-refractivity contribution in [3.05, 3.63) is 63.2 Å². The number of nitro groups is 1. The smallest absolute Gasteiger partial charge is 0.258 e. The number of benzene rings is 1. The van der Waals surface area contributed by atoms with E-state index in [9.17, 15) is 10.1 Å². The number of non-ortho nitro benzene ring substituents is 1. The van der Waals surface area contributed by atoms with Gasteiger partial charge in [0.2, 0.25) is 0 Å². The van der Waals surface area contributed by atoms with Crippen molar-refractivity contribution in [1.82, 2.24) is 0 Å². The predicted molar refractivity (Wildman–Crippen MR) is 93.1 cm³/mol. The Morgan fingerprint density at radius 2 is 1.77 bits per heavy atom. The number of allylic oxidation sites excluding steroid dienone is 4. The van der Waals surface area contributed by atoms with Gasteiger partial charge in [-0.25, -0.2) is 0 Å². The van der Waals surface area contributed by atoms with Gasteiger partial charge in [0.15, 0.2) is 0 Å². The van der Waals surface area contributed by atoms with E-state index in [1.807, 2.05) is 12.1 Å². The van der Waals surface area contributed by atoms with E-state index in [2.05, 4.69) is 46.8 Å². The van der Waals surface area contributed by atoms with Crippen LogP contribution in [0.4, 0.5) is 5.69 Å². The van der Waals surface area contributed by atoms with Crippen molar-refractivity contribution in [1.29, 1.82) is 0 Å². The van der Waals surface area contributed by atoms with Gasteiger partial charge in [0.05, 0.1) is 4.92 Å². The van der Waals surface area contributed by atoms with Crippen LogP contribution in [0.2, 0.25) is 0 Å². The van der Waals surface area contributed by atoms with E-state index in [4.69, 9.17) is 0 Å². The molecule has 120 valence electrons. The van der Waals surface area contributed by atoms with Crippen LogP contribution in [0.1, 0.15) is 58.9 Å². The molecule has 0 aliphatic heterocycles. The van der Waals surface area contributed by atoms with Crippen molar-refractivity contribution in [2.24, 2.45) is 5.92 Å². The first kappa shape index (κ1) is 18.1. The van der Waals surface area contributed by atoms with Crippen molar-refractivity contribution in [3.8, 4) is 0 Å². The van der Waals surface area contributed by atoms with E-state index >= 15 is 0 Å². The second kappa shape index (κ2) is 8.52. The Labute approximate surface area is 133 Å². The van der Waals surface area contributed by atoms with Crippen molar-refractivity contribution in [3.63, 3.8) is 0 Å². The molecule has 1 rings (SSSR count). The van der Waals surface area contributed by atoms with Crippen molar-refractivity contribution in [2.45, 2.75) is 53.4 Å². The Balaban J connectivity index is 2.69. The molecule has 22 heavy (non-hydrogen) atoms. The molecule has 3 nitrogen and oxygen atoms in total. The summed E-state index contributed by atoms with van der Waals surface area (Å²) >= 11 is 0. The molecular formula is C19H27NO2. The van der Waals surface area contributed by atoms with Crippen LogP contribution in [0.3, 0.4) is 0 Å². The minimum atomic E-state index is -0.356. The summed E-state index contributed by atoms with van der Waals surface area (Å²) in [5.41, 5.74) is 4.06. The van der Waals surface area contributed by atoms with Crippen LogP contribution < -0.4 is 0 Å². The fourth-order valence-electron chi connectivity index (χ4n) is 2.47. The van der Waals surface area contributed by atoms with Gasteiger partial charge in [-0.15, -0.1) is 0 Å². The van der Waals surface area contributed by atoms with Gasteiger partial charge >= 0.3 is 0 Å². The fourth-order valence-corrected chi connectivity index (χ4v) is 2.47. The molecule has 2 unspecified atom stereocenters. The second-order valence-corrected chi connectivity index (χ2v) is 6.33. The first-order chi connectivity index (χ1) is 10.3. The molecule has 0 aliphatic carbocycles. The number of nitro benzene ring substituents is 1. The van der Waals surface area contributed by atoms with E-state index in [1.165, 1.54) is 11.1 Å².